The largest absolute Gasteiger partial charge is 0.481 e. The van der Waals surface area contributed by atoms with E-state index in [2.05, 4.69) is 0 Å². The van der Waals surface area contributed by atoms with E-state index in [1.54, 1.807) is 0 Å². The molecule has 2 aliphatic rings. The van der Waals surface area contributed by atoms with Crippen LogP contribution in [0.15, 0.2) is 0 Å². The summed E-state index contributed by atoms with van der Waals surface area (Å²) in [7, 11) is 0. The molecule has 2 rings (SSSR count). The van der Waals surface area contributed by atoms with Gasteiger partial charge >= 0.3 is 17.8 Å². The van der Waals surface area contributed by atoms with Gasteiger partial charge in [0.1, 0.15) is 0 Å². The third-order valence-electron chi connectivity index (χ3n) is 5.15. The molecule has 0 aromatic heterocycles. The summed E-state index contributed by atoms with van der Waals surface area (Å²) in [4.78, 5) is 10.8. The minimum absolute atomic E-state index is 0.0658. The zero-order valence-corrected chi connectivity index (χ0v) is 12.0. The van der Waals surface area contributed by atoms with Crippen LogP contribution in [0.5, 0.6) is 0 Å². The second kappa shape index (κ2) is 6.13. The Morgan fingerprint density at radius 1 is 0.762 bits per heavy atom. The van der Waals surface area contributed by atoms with Crippen molar-refractivity contribution in [1.29, 1.82) is 0 Å². The van der Waals surface area contributed by atoms with E-state index in [1.807, 2.05) is 0 Å². The lowest BCUT2D eigenvalue weighted by atomic mass is 9.73. The number of alkyl halides is 4. The highest BCUT2D eigenvalue weighted by Gasteiger charge is 2.64. The quantitative estimate of drug-likeness (QED) is 0.762. The molecule has 0 radical (unpaired) electrons. The highest BCUT2D eigenvalue weighted by atomic mass is 19.3. The average Bonchev–Trinajstić information content (AvgIpc) is 2.48. The van der Waals surface area contributed by atoms with Gasteiger partial charge in [-0.25, -0.2) is 0 Å². The topological polar surface area (TPSA) is 37.3 Å². The highest BCUT2D eigenvalue weighted by Crippen LogP contribution is 2.52. The molecule has 2 aliphatic carbocycles. The van der Waals surface area contributed by atoms with Crippen molar-refractivity contribution in [2.45, 2.75) is 69.6 Å². The van der Waals surface area contributed by atoms with Crippen molar-refractivity contribution in [3.63, 3.8) is 0 Å². The third kappa shape index (κ3) is 3.19. The van der Waals surface area contributed by atoms with Crippen molar-refractivity contribution < 1.29 is 27.5 Å². The third-order valence-corrected chi connectivity index (χ3v) is 5.15. The number of carbonyl (C=O) groups is 1. The number of halogens is 4. The van der Waals surface area contributed by atoms with Crippen LogP contribution in [-0.4, -0.2) is 22.9 Å². The van der Waals surface area contributed by atoms with E-state index < -0.39 is 35.6 Å². The SMILES string of the molecule is O=C(O)C1CCC(C(F)(F)C(F)(F)C2CCCCC2)CC1. The van der Waals surface area contributed by atoms with Gasteiger partial charge in [0.25, 0.3) is 0 Å². The summed E-state index contributed by atoms with van der Waals surface area (Å²) in [6, 6.07) is 0. The number of aliphatic carboxylic acids is 1. The molecule has 1 N–H and O–H groups in total. The van der Waals surface area contributed by atoms with Crippen molar-refractivity contribution in [2.75, 3.05) is 0 Å². The first kappa shape index (κ1) is 16.6. The zero-order chi connectivity index (χ0) is 15.7. The van der Waals surface area contributed by atoms with Gasteiger partial charge in [0.05, 0.1) is 5.92 Å². The van der Waals surface area contributed by atoms with E-state index in [9.17, 15) is 22.4 Å². The second-order valence-electron chi connectivity index (χ2n) is 6.47. The van der Waals surface area contributed by atoms with Crippen LogP contribution in [0.1, 0.15) is 57.8 Å². The number of carboxylic acids is 1. The Bertz CT molecular complexity index is 370. The molecule has 0 bridgehead atoms. The van der Waals surface area contributed by atoms with E-state index in [1.165, 1.54) is 0 Å². The fraction of sp³-hybridized carbons (Fsp3) is 0.933. The molecule has 122 valence electrons. The zero-order valence-electron chi connectivity index (χ0n) is 12.0. The maximum atomic E-state index is 14.3. The van der Waals surface area contributed by atoms with Crippen LogP contribution in [0.3, 0.4) is 0 Å². The Labute approximate surface area is 121 Å². The average molecular weight is 310 g/mol. The van der Waals surface area contributed by atoms with Crippen LogP contribution in [0.25, 0.3) is 0 Å². The first-order valence-electron chi connectivity index (χ1n) is 7.75. The Morgan fingerprint density at radius 3 is 1.62 bits per heavy atom. The van der Waals surface area contributed by atoms with Crippen molar-refractivity contribution in [3.05, 3.63) is 0 Å². The summed E-state index contributed by atoms with van der Waals surface area (Å²) in [6.07, 6.45) is 2.19. The first-order valence-corrected chi connectivity index (χ1v) is 7.75. The molecular formula is C15H22F4O2. The van der Waals surface area contributed by atoms with Gasteiger partial charge in [0, 0.05) is 11.8 Å². The summed E-state index contributed by atoms with van der Waals surface area (Å²) in [5.41, 5.74) is 0. The molecule has 2 saturated carbocycles. The van der Waals surface area contributed by atoms with E-state index >= 15 is 0 Å². The molecule has 0 saturated heterocycles. The monoisotopic (exact) mass is 310 g/mol. The lowest BCUT2D eigenvalue weighted by Gasteiger charge is -2.41. The van der Waals surface area contributed by atoms with Crippen LogP contribution < -0.4 is 0 Å². The van der Waals surface area contributed by atoms with Crippen molar-refractivity contribution >= 4 is 5.97 Å². The Balaban J connectivity index is 2.04. The summed E-state index contributed by atoms with van der Waals surface area (Å²) in [6.45, 7) is 0. The van der Waals surface area contributed by atoms with Crippen molar-refractivity contribution in [2.24, 2.45) is 17.8 Å². The maximum Gasteiger partial charge on any atom is 0.313 e. The fourth-order valence-corrected chi connectivity index (χ4v) is 3.71. The van der Waals surface area contributed by atoms with Crippen LogP contribution >= 0.6 is 0 Å². The fourth-order valence-electron chi connectivity index (χ4n) is 3.71. The molecule has 0 aromatic rings. The van der Waals surface area contributed by atoms with Gasteiger partial charge in [0.2, 0.25) is 0 Å². The lowest BCUT2D eigenvalue weighted by Crippen LogP contribution is -2.52. The standard InChI is InChI=1S/C15H22F4O2/c16-14(17,11-4-2-1-3-5-11)15(18,19)12-8-6-10(7-9-12)13(20)21/h10-12H,1-9H2,(H,20,21). The molecule has 0 heterocycles. The molecule has 0 spiro atoms. The Morgan fingerprint density at radius 2 is 1.19 bits per heavy atom. The van der Waals surface area contributed by atoms with E-state index in [0.717, 1.165) is 6.42 Å². The van der Waals surface area contributed by atoms with Crippen LogP contribution in [0.4, 0.5) is 17.6 Å². The predicted molar refractivity (Wildman–Crippen MR) is 69.6 cm³/mol. The molecule has 0 unspecified atom stereocenters. The van der Waals surface area contributed by atoms with Gasteiger partial charge in [-0.15, -0.1) is 0 Å². The van der Waals surface area contributed by atoms with Gasteiger partial charge in [-0.3, -0.25) is 4.79 Å². The van der Waals surface area contributed by atoms with Gasteiger partial charge in [0.15, 0.2) is 0 Å². The van der Waals surface area contributed by atoms with Crippen LogP contribution in [0.2, 0.25) is 0 Å². The normalized spacial score (nSPS) is 29.3. The van der Waals surface area contributed by atoms with E-state index in [-0.39, 0.29) is 38.5 Å². The number of carboxylic acid groups (broad SMARTS) is 1. The number of hydrogen-bond acceptors (Lipinski definition) is 1. The summed E-state index contributed by atoms with van der Waals surface area (Å²) >= 11 is 0. The molecule has 2 nitrogen and oxygen atoms in total. The summed E-state index contributed by atoms with van der Waals surface area (Å²) in [5.74, 6) is -12.3. The van der Waals surface area contributed by atoms with Gasteiger partial charge in [-0.05, 0) is 38.5 Å². The predicted octanol–water partition coefficient (Wildman–Crippen LogP) is 4.73. The van der Waals surface area contributed by atoms with Crippen molar-refractivity contribution in [3.8, 4) is 0 Å². The first-order chi connectivity index (χ1) is 9.76. The van der Waals surface area contributed by atoms with Crippen LogP contribution in [0, 0.1) is 17.8 Å². The lowest BCUT2D eigenvalue weighted by molar-refractivity contribution is -0.269. The molecule has 0 atom stereocenters. The van der Waals surface area contributed by atoms with E-state index in [0.29, 0.717) is 12.8 Å². The summed E-state index contributed by atoms with van der Waals surface area (Å²) in [5, 5.41) is 8.86. The Hall–Kier alpha value is -0.810. The molecular weight excluding hydrogens is 288 g/mol. The minimum Gasteiger partial charge on any atom is -0.481 e. The molecule has 2 fully saturated rings. The molecule has 0 aromatic carbocycles. The van der Waals surface area contributed by atoms with Gasteiger partial charge in [-0.1, -0.05) is 19.3 Å². The smallest absolute Gasteiger partial charge is 0.313 e. The van der Waals surface area contributed by atoms with E-state index in [4.69, 9.17) is 5.11 Å². The molecule has 0 amide bonds. The van der Waals surface area contributed by atoms with Gasteiger partial charge < -0.3 is 5.11 Å². The Kier molecular flexibility index (Phi) is 4.83. The molecule has 0 aliphatic heterocycles. The number of rotatable bonds is 4. The van der Waals surface area contributed by atoms with Crippen molar-refractivity contribution in [1.82, 2.24) is 0 Å². The summed E-state index contributed by atoms with van der Waals surface area (Å²) < 4.78 is 57.1. The second-order valence-corrected chi connectivity index (χ2v) is 6.47. The maximum absolute atomic E-state index is 14.3. The number of hydrogen-bond donors (Lipinski definition) is 1. The minimum atomic E-state index is -4.03. The van der Waals surface area contributed by atoms with Gasteiger partial charge in [-0.2, -0.15) is 17.6 Å². The molecule has 21 heavy (non-hydrogen) atoms. The highest BCUT2D eigenvalue weighted by molar-refractivity contribution is 5.70. The molecule has 6 heteroatoms. The van der Waals surface area contributed by atoms with Crippen LogP contribution in [-0.2, 0) is 4.79 Å².